The van der Waals surface area contributed by atoms with Crippen LogP contribution in [0.15, 0.2) is 94.7 Å². The van der Waals surface area contributed by atoms with Crippen LogP contribution in [-0.2, 0) is 20.0 Å². The van der Waals surface area contributed by atoms with Gasteiger partial charge < -0.3 is 10.1 Å². The minimum Gasteiger partial charge on any atom is -0.495 e. The number of methoxy groups -OCH3 is 1. The molecule has 12 heteroatoms. The Balaban J connectivity index is 1.50. The Kier molecular flexibility index (Phi) is 8.38. The van der Waals surface area contributed by atoms with E-state index in [-0.39, 0.29) is 20.4 Å². The number of rotatable bonds is 9. The highest BCUT2D eigenvalue weighted by atomic mass is 35.5. The Morgan fingerprint density at radius 3 is 2.00 bits per heavy atom. The summed E-state index contributed by atoms with van der Waals surface area (Å²) in [6, 6.07) is 21.3. The molecule has 0 spiro atoms. The van der Waals surface area contributed by atoms with Gasteiger partial charge in [-0.1, -0.05) is 35.4 Å². The fraction of sp³-hybridized carbons (Fsp3) is 0.107. The van der Waals surface area contributed by atoms with E-state index in [1.54, 1.807) is 42.5 Å². The molecule has 4 rings (SSSR count). The van der Waals surface area contributed by atoms with E-state index in [0.29, 0.717) is 22.8 Å². The van der Waals surface area contributed by atoms with Gasteiger partial charge in [0.15, 0.2) is 0 Å². The second-order valence-electron chi connectivity index (χ2n) is 8.90. The molecule has 1 amide bonds. The van der Waals surface area contributed by atoms with Crippen LogP contribution in [0.3, 0.4) is 0 Å². The number of halogens is 1. The molecule has 208 valence electrons. The number of amides is 1. The van der Waals surface area contributed by atoms with Gasteiger partial charge in [0.25, 0.3) is 26.0 Å². The predicted octanol–water partition coefficient (Wildman–Crippen LogP) is 5.82. The minimum atomic E-state index is -4.09. The molecule has 9 nitrogen and oxygen atoms in total. The molecule has 0 atom stereocenters. The van der Waals surface area contributed by atoms with E-state index in [1.807, 2.05) is 13.8 Å². The standard InChI is InChI=1S/C28H26ClN3O6S2/c1-18-4-8-22(9-5-18)31-40(36,37)27-17-20(7-14-24(27)29)28(33)30-21-10-12-23(13-11-21)39(34,35)32-25-16-19(2)6-15-26(25)38-3/h4-17,31-32H,1-3H3,(H,30,33). The van der Waals surface area contributed by atoms with E-state index in [2.05, 4.69) is 14.8 Å². The molecule has 0 aromatic heterocycles. The first-order valence-corrected chi connectivity index (χ1v) is 15.2. The van der Waals surface area contributed by atoms with Crippen LogP contribution < -0.4 is 19.5 Å². The molecule has 0 aliphatic carbocycles. The Morgan fingerprint density at radius 1 is 0.725 bits per heavy atom. The predicted molar refractivity (Wildman–Crippen MR) is 156 cm³/mol. The van der Waals surface area contributed by atoms with E-state index in [9.17, 15) is 21.6 Å². The summed E-state index contributed by atoms with van der Waals surface area (Å²) in [7, 11) is -6.59. The summed E-state index contributed by atoms with van der Waals surface area (Å²) in [6.07, 6.45) is 0. The Morgan fingerprint density at radius 2 is 1.35 bits per heavy atom. The van der Waals surface area contributed by atoms with E-state index < -0.39 is 26.0 Å². The maximum atomic E-state index is 13.0. The number of carbonyl (C=O) groups excluding carboxylic acids is 1. The maximum Gasteiger partial charge on any atom is 0.263 e. The Bertz CT molecular complexity index is 1770. The van der Waals surface area contributed by atoms with Crippen molar-refractivity contribution in [3.05, 3.63) is 107 Å². The highest BCUT2D eigenvalue weighted by molar-refractivity contribution is 7.93. The first kappa shape index (κ1) is 28.9. The van der Waals surface area contributed by atoms with Crippen molar-refractivity contribution in [1.82, 2.24) is 0 Å². The number of carbonyl (C=O) groups is 1. The smallest absolute Gasteiger partial charge is 0.263 e. The lowest BCUT2D eigenvalue weighted by Crippen LogP contribution is -2.17. The van der Waals surface area contributed by atoms with E-state index >= 15 is 0 Å². The van der Waals surface area contributed by atoms with Gasteiger partial charge in [0, 0.05) is 16.9 Å². The zero-order valence-electron chi connectivity index (χ0n) is 21.7. The summed E-state index contributed by atoms with van der Waals surface area (Å²) in [5.41, 5.74) is 2.80. The lowest BCUT2D eigenvalue weighted by molar-refractivity contribution is 0.102. The van der Waals surface area contributed by atoms with Gasteiger partial charge >= 0.3 is 0 Å². The molecule has 40 heavy (non-hydrogen) atoms. The summed E-state index contributed by atoms with van der Waals surface area (Å²) < 4.78 is 62.0. The van der Waals surface area contributed by atoms with Crippen LogP contribution in [-0.4, -0.2) is 29.9 Å². The van der Waals surface area contributed by atoms with Crippen LogP contribution in [0.1, 0.15) is 21.5 Å². The molecule has 0 radical (unpaired) electrons. The average Bonchev–Trinajstić information content (AvgIpc) is 2.90. The number of anilines is 3. The summed E-state index contributed by atoms with van der Waals surface area (Å²) in [5, 5.41) is 2.58. The van der Waals surface area contributed by atoms with Crippen molar-refractivity contribution in [2.45, 2.75) is 23.6 Å². The number of ether oxygens (including phenoxy) is 1. The van der Waals surface area contributed by atoms with E-state index in [0.717, 1.165) is 11.1 Å². The molecular formula is C28H26ClN3O6S2. The zero-order chi connectivity index (χ0) is 29.1. The molecule has 0 saturated carbocycles. The SMILES string of the molecule is COc1ccc(C)cc1NS(=O)(=O)c1ccc(NC(=O)c2ccc(Cl)c(S(=O)(=O)Nc3ccc(C)cc3)c2)cc1. The molecule has 0 heterocycles. The van der Waals surface area contributed by atoms with Gasteiger partial charge in [0.2, 0.25) is 0 Å². The number of hydrogen-bond acceptors (Lipinski definition) is 6. The van der Waals surface area contributed by atoms with Crippen LogP contribution in [0.5, 0.6) is 5.75 Å². The molecule has 0 bridgehead atoms. The summed E-state index contributed by atoms with van der Waals surface area (Å²) in [5.74, 6) is -0.238. The van der Waals surface area contributed by atoms with E-state index in [1.165, 1.54) is 49.6 Å². The van der Waals surface area contributed by atoms with Crippen molar-refractivity contribution in [3.63, 3.8) is 0 Å². The third-order valence-electron chi connectivity index (χ3n) is 5.81. The molecule has 0 unspecified atom stereocenters. The molecule has 3 N–H and O–H groups in total. The largest absolute Gasteiger partial charge is 0.495 e. The van der Waals surface area contributed by atoms with Crippen molar-refractivity contribution in [1.29, 1.82) is 0 Å². The molecule has 0 saturated heterocycles. The second-order valence-corrected chi connectivity index (χ2v) is 12.6. The number of benzene rings is 4. The topological polar surface area (TPSA) is 131 Å². The van der Waals surface area contributed by atoms with Crippen molar-refractivity contribution < 1.29 is 26.4 Å². The molecule has 0 aliphatic heterocycles. The highest BCUT2D eigenvalue weighted by Gasteiger charge is 2.21. The van der Waals surface area contributed by atoms with Crippen molar-refractivity contribution in [3.8, 4) is 5.75 Å². The van der Waals surface area contributed by atoms with Gasteiger partial charge in [0.05, 0.1) is 22.7 Å². The molecule has 4 aromatic carbocycles. The zero-order valence-corrected chi connectivity index (χ0v) is 24.1. The second kappa shape index (κ2) is 11.6. The highest BCUT2D eigenvalue weighted by Crippen LogP contribution is 2.29. The van der Waals surface area contributed by atoms with Crippen LogP contribution >= 0.6 is 11.6 Å². The fourth-order valence-electron chi connectivity index (χ4n) is 3.71. The third kappa shape index (κ3) is 6.74. The minimum absolute atomic E-state index is 0.0314. The molecule has 4 aromatic rings. The van der Waals surface area contributed by atoms with Gasteiger partial charge in [-0.25, -0.2) is 16.8 Å². The van der Waals surface area contributed by atoms with Gasteiger partial charge in [-0.3, -0.25) is 14.2 Å². The van der Waals surface area contributed by atoms with Crippen LogP contribution in [0.4, 0.5) is 17.1 Å². The van der Waals surface area contributed by atoms with Gasteiger partial charge in [0.1, 0.15) is 10.6 Å². The number of hydrogen-bond donors (Lipinski definition) is 3. The Hall–Kier alpha value is -4.06. The fourth-order valence-corrected chi connectivity index (χ4v) is 6.35. The summed E-state index contributed by atoms with van der Waals surface area (Å²) in [4.78, 5) is 12.6. The molecule has 0 aliphatic rings. The first-order valence-electron chi connectivity index (χ1n) is 11.9. The number of aryl methyl sites for hydroxylation is 2. The van der Waals surface area contributed by atoms with Crippen molar-refractivity contribution in [2.75, 3.05) is 21.9 Å². The van der Waals surface area contributed by atoms with Crippen LogP contribution in [0, 0.1) is 13.8 Å². The van der Waals surface area contributed by atoms with Crippen molar-refractivity contribution >= 4 is 54.6 Å². The van der Waals surface area contributed by atoms with Gasteiger partial charge in [-0.15, -0.1) is 0 Å². The lowest BCUT2D eigenvalue weighted by atomic mass is 10.2. The van der Waals surface area contributed by atoms with Crippen LogP contribution in [0.25, 0.3) is 0 Å². The van der Waals surface area contributed by atoms with Gasteiger partial charge in [-0.2, -0.15) is 0 Å². The monoisotopic (exact) mass is 599 g/mol. The van der Waals surface area contributed by atoms with Crippen molar-refractivity contribution in [2.24, 2.45) is 0 Å². The average molecular weight is 600 g/mol. The van der Waals surface area contributed by atoms with Gasteiger partial charge in [-0.05, 0) is 86.1 Å². The molecular weight excluding hydrogens is 574 g/mol. The summed E-state index contributed by atoms with van der Waals surface area (Å²) in [6.45, 7) is 3.71. The van der Waals surface area contributed by atoms with E-state index in [4.69, 9.17) is 16.3 Å². The van der Waals surface area contributed by atoms with Crippen LogP contribution in [0.2, 0.25) is 5.02 Å². The lowest BCUT2D eigenvalue weighted by Gasteiger charge is -2.13. The third-order valence-corrected chi connectivity index (χ3v) is 9.05. The molecule has 0 fully saturated rings. The maximum absolute atomic E-state index is 13.0. The number of nitrogens with one attached hydrogen (secondary N) is 3. The quantitative estimate of drug-likeness (QED) is 0.222. The Labute approximate surface area is 238 Å². The normalized spacial score (nSPS) is 11.5. The number of sulfonamides is 2. The summed E-state index contributed by atoms with van der Waals surface area (Å²) >= 11 is 6.16. The first-order chi connectivity index (χ1) is 18.9.